The van der Waals surface area contributed by atoms with Gasteiger partial charge >= 0.3 is 0 Å². The zero-order chi connectivity index (χ0) is 13.1. The van der Waals surface area contributed by atoms with Crippen LogP contribution in [0.1, 0.15) is 59.8 Å². The standard InChI is InChI=1S/C16H28O/c1-5-7-8-9-10-11-13-15(12-6-2)16(17)14(3)4/h6,11-15H,5,7-10H2,1-4H3. The number of hydrogen-bond donors (Lipinski definition) is 0. The maximum absolute atomic E-state index is 11.9. The highest BCUT2D eigenvalue weighted by Gasteiger charge is 2.14. The minimum atomic E-state index is -0.0221. The molecule has 0 aliphatic heterocycles. The van der Waals surface area contributed by atoms with Gasteiger partial charge in [-0.1, -0.05) is 64.3 Å². The Kier molecular flexibility index (Phi) is 9.80. The average Bonchev–Trinajstić information content (AvgIpc) is 2.31. The molecule has 0 spiro atoms. The van der Waals surface area contributed by atoms with Gasteiger partial charge in [0.25, 0.3) is 0 Å². The highest BCUT2D eigenvalue weighted by Crippen LogP contribution is 2.12. The largest absolute Gasteiger partial charge is 0.298 e. The lowest BCUT2D eigenvalue weighted by Crippen LogP contribution is -2.16. The van der Waals surface area contributed by atoms with E-state index < -0.39 is 0 Å². The summed E-state index contributed by atoms with van der Waals surface area (Å²) in [5.74, 6) is 0.403. The van der Waals surface area contributed by atoms with Crippen LogP contribution >= 0.6 is 0 Å². The number of Topliss-reactive ketones (excluding diaryl/α,β-unsaturated/α-hetero) is 1. The van der Waals surface area contributed by atoms with Crippen LogP contribution in [0.4, 0.5) is 0 Å². The lowest BCUT2D eigenvalue weighted by Gasteiger charge is -2.09. The molecule has 0 aromatic carbocycles. The first-order valence-corrected chi connectivity index (χ1v) is 6.96. The Morgan fingerprint density at radius 3 is 2.35 bits per heavy atom. The first-order chi connectivity index (χ1) is 8.13. The summed E-state index contributed by atoms with van der Waals surface area (Å²) in [6.07, 6.45) is 14.4. The second-order valence-corrected chi connectivity index (χ2v) is 4.89. The van der Waals surface area contributed by atoms with Gasteiger partial charge in [-0.25, -0.2) is 0 Å². The van der Waals surface area contributed by atoms with Crippen molar-refractivity contribution >= 4 is 5.78 Å². The average molecular weight is 236 g/mol. The fraction of sp³-hybridized carbons (Fsp3) is 0.688. The predicted octanol–water partition coefficient (Wildman–Crippen LogP) is 4.93. The van der Waals surface area contributed by atoms with Gasteiger partial charge in [-0.2, -0.15) is 0 Å². The number of hydrogen-bond acceptors (Lipinski definition) is 1. The van der Waals surface area contributed by atoms with Crippen molar-refractivity contribution in [2.24, 2.45) is 11.8 Å². The number of allylic oxidation sites excluding steroid dienone is 4. The number of rotatable bonds is 9. The molecule has 0 saturated carbocycles. The van der Waals surface area contributed by atoms with Gasteiger partial charge in [-0.15, -0.1) is 0 Å². The molecule has 0 amide bonds. The fourth-order valence-corrected chi connectivity index (χ4v) is 1.78. The van der Waals surface area contributed by atoms with Gasteiger partial charge in [-0.3, -0.25) is 4.79 Å². The summed E-state index contributed by atoms with van der Waals surface area (Å²) in [5, 5.41) is 0. The Labute approximate surface area is 107 Å². The summed E-state index contributed by atoms with van der Waals surface area (Å²) in [6, 6.07) is 0. The number of ketones is 1. The Hall–Kier alpha value is -0.850. The molecule has 0 heterocycles. The molecule has 0 aliphatic carbocycles. The Bertz CT molecular complexity index is 248. The molecular formula is C16H28O. The highest BCUT2D eigenvalue weighted by atomic mass is 16.1. The second-order valence-electron chi connectivity index (χ2n) is 4.89. The quantitative estimate of drug-likeness (QED) is 0.410. The monoisotopic (exact) mass is 236 g/mol. The molecular weight excluding hydrogens is 208 g/mol. The van der Waals surface area contributed by atoms with Crippen molar-refractivity contribution in [3.8, 4) is 0 Å². The molecule has 0 fully saturated rings. The molecule has 17 heavy (non-hydrogen) atoms. The zero-order valence-electron chi connectivity index (χ0n) is 11.9. The molecule has 0 aliphatic rings. The molecule has 1 atom stereocenters. The van der Waals surface area contributed by atoms with E-state index in [4.69, 9.17) is 0 Å². The van der Waals surface area contributed by atoms with Crippen molar-refractivity contribution in [1.82, 2.24) is 0 Å². The summed E-state index contributed by atoms with van der Waals surface area (Å²) < 4.78 is 0. The number of unbranched alkanes of at least 4 members (excludes halogenated alkanes) is 4. The van der Waals surface area contributed by atoms with E-state index in [1.165, 1.54) is 25.7 Å². The van der Waals surface area contributed by atoms with Crippen LogP contribution in [0.3, 0.4) is 0 Å². The second kappa shape index (κ2) is 10.3. The third-order valence-electron chi connectivity index (χ3n) is 2.87. The first-order valence-electron chi connectivity index (χ1n) is 6.96. The molecule has 0 saturated heterocycles. The van der Waals surface area contributed by atoms with Gasteiger partial charge in [0, 0.05) is 5.92 Å². The van der Waals surface area contributed by atoms with Crippen molar-refractivity contribution in [3.05, 3.63) is 24.3 Å². The van der Waals surface area contributed by atoms with Gasteiger partial charge in [0.1, 0.15) is 5.78 Å². The third kappa shape index (κ3) is 7.95. The van der Waals surface area contributed by atoms with Crippen molar-refractivity contribution in [2.75, 3.05) is 0 Å². The molecule has 0 N–H and O–H groups in total. The SMILES string of the molecule is CC=CC(C=CCCCCCC)C(=O)C(C)C. The van der Waals surface area contributed by atoms with E-state index in [1.54, 1.807) is 0 Å². The van der Waals surface area contributed by atoms with E-state index in [9.17, 15) is 4.79 Å². The van der Waals surface area contributed by atoms with Gasteiger partial charge < -0.3 is 0 Å². The summed E-state index contributed by atoms with van der Waals surface area (Å²) >= 11 is 0. The highest BCUT2D eigenvalue weighted by molar-refractivity contribution is 5.86. The van der Waals surface area contributed by atoms with Crippen LogP contribution in [0.15, 0.2) is 24.3 Å². The van der Waals surface area contributed by atoms with E-state index in [0.717, 1.165) is 6.42 Å². The first kappa shape index (κ1) is 16.1. The smallest absolute Gasteiger partial charge is 0.146 e. The summed E-state index contributed by atoms with van der Waals surface area (Å²) in [5.41, 5.74) is 0. The molecule has 0 bridgehead atoms. The molecule has 1 unspecified atom stereocenters. The third-order valence-corrected chi connectivity index (χ3v) is 2.87. The van der Waals surface area contributed by atoms with Crippen LogP contribution in [0.25, 0.3) is 0 Å². The van der Waals surface area contributed by atoms with Crippen LogP contribution in [0.5, 0.6) is 0 Å². The van der Waals surface area contributed by atoms with E-state index in [0.29, 0.717) is 5.78 Å². The zero-order valence-corrected chi connectivity index (χ0v) is 11.9. The van der Waals surface area contributed by atoms with Crippen molar-refractivity contribution < 1.29 is 4.79 Å². The van der Waals surface area contributed by atoms with E-state index >= 15 is 0 Å². The van der Waals surface area contributed by atoms with Gasteiger partial charge in [0.2, 0.25) is 0 Å². The Balaban J connectivity index is 4.08. The maximum Gasteiger partial charge on any atom is 0.146 e. The molecule has 1 nitrogen and oxygen atoms in total. The molecule has 98 valence electrons. The Morgan fingerprint density at radius 1 is 1.12 bits per heavy atom. The summed E-state index contributed by atoms with van der Waals surface area (Å²) in [7, 11) is 0. The topological polar surface area (TPSA) is 17.1 Å². The van der Waals surface area contributed by atoms with Gasteiger partial charge in [-0.05, 0) is 19.8 Å². The molecule has 0 radical (unpaired) electrons. The maximum atomic E-state index is 11.9. The summed E-state index contributed by atoms with van der Waals surface area (Å²) in [6.45, 7) is 8.12. The molecule has 1 heteroatoms. The predicted molar refractivity (Wildman–Crippen MR) is 76.0 cm³/mol. The normalized spacial score (nSPS) is 13.9. The lowest BCUT2D eigenvalue weighted by atomic mass is 9.94. The van der Waals surface area contributed by atoms with E-state index in [2.05, 4.69) is 19.1 Å². The summed E-state index contributed by atoms with van der Waals surface area (Å²) in [4.78, 5) is 11.9. The number of carbonyl (C=O) groups excluding carboxylic acids is 1. The minimum Gasteiger partial charge on any atom is -0.298 e. The van der Waals surface area contributed by atoms with Crippen LogP contribution in [0, 0.1) is 11.8 Å². The van der Waals surface area contributed by atoms with Crippen molar-refractivity contribution in [3.63, 3.8) is 0 Å². The Morgan fingerprint density at radius 2 is 1.82 bits per heavy atom. The molecule has 0 aromatic rings. The minimum absolute atomic E-state index is 0.0221. The van der Waals surface area contributed by atoms with Crippen LogP contribution in [0.2, 0.25) is 0 Å². The van der Waals surface area contributed by atoms with E-state index in [-0.39, 0.29) is 11.8 Å². The lowest BCUT2D eigenvalue weighted by molar-refractivity contribution is -0.123. The van der Waals surface area contributed by atoms with Crippen LogP contribution in [-0.4, -0.2) is 5.78 Å². The van der Waals surface area contributed by atoms with Crippen molar-refractivity contribution in [2.45, 2.75) is 59.8 Å². The molecule has 0 aromatic heterocycles. The molecule has 0 rings (SSSR count). The fourth-order valence-electron chi connectivity index (χ4n) is 1.78. The van der Waals surface area contributed by atoms with Crippen molar-refractivity contribution in [1.29, 1.82) is 0 Å². The van der Waals surface area contributed by atoms with E-state index in [1.807, 2.05) is 32.9 Å². The van der Waals surface area contributed by atoms with Crippen LogP contribution < -0.4 is 0 Å². The van der Waals surface area contributed by atoms with Gasteiger partial charge in [0.15, 0.2) is 0 Å². The van der Waals surface area contributed by atoms with Crippen LogP contribution in [-0.2, 0) is 4.79 Å². The number of carbonyl (C=O) groups is 1. The van der Waals surface area contributed by atoms with Gasteiger partial charge in [0.05, 0.1) is 5.92 Å².